The van der Waals surface area contributed by atoms with Crippen molar-refractivity contribution in [3.05, 3.63) is 29.8 Å². The lowest BCUT2D eigenvalue weighted by molar-refractivity contribution is -0.118. The van der Waals surface area contributed by atoms with Gasteiger partial charge in [0.1, 0.15) is 0 Å². The first-order valence-corrected chi connectivity index (χ1v) is 7.32. The summed E-state index contributed by atoms with van der Waals surface area (Å²) < 4.78 is 0. The molecule has 0 aliphatic heterocycles. The second-order valence-electron chi connectivity index (χ2n) is 4.91. The average Bonchev–Trinajstić information content (AvgIpc) is 2.52. The predicted molar refractivity (Wildman–Crippen MR) is 83.4 cm³/mol. The molecule has 1 unspecified atom stereocenters. The zero-order valence-corrected chi connectivity index (χ0v) is 12.9. The standard InChI is InChI=1S/C16H24N2O3/c1-4-12(10-11-19)17-16(21)13-8-6-7-9-14(13)18(3)15(20)5-2/h6-9,12,19H,4-5,10-11H2,1-3H3,(H,17,21). The summed E-state index contributed by atoms with van der Waals surface area (Å²) in [6.45, 7) is 3.78. The molecule has 21 heavy (non-hydrogen) atoms. The van der Waals surface area contributed by atoms with Crippen LogP contribution in [0.15, 0.2) is 24.3 Å². The molecule has 0 aromatic heterocycles. The highest BCUT2D eigenvalue weighted by atomic mass is 16.3. The van der Waals surface area contributed by atoms with E-state index in [1.165, 1.54) is 4.90 Å². The molecule has 1 rings (SSSR count). The van der Waals surface area contributed by atoms with Gasteiger partial charge < -0.3 is 15.3 Å². The molecule has 0 bridgehead atoms. The number of nitrogens with one attached hydrogen (secondary N) is 1. The fraction of sp³-hybridized carbons (Fsp3) is 0.500. The van der Waals surface area contributed by atoms with Crippen molar-refractivity contribution < 1.29 is 14.7 Å². The lowest BCUT2D eigenvalue weighted by Gasteiger charge is -2.21. The maximum atomic E-state index is 12.4. The number of para-hydroxylation sites is 1. The van der Waals surface area contributed by atoms with Crippen LogP contribution in [-0.4, -0.2) is 36.6 Å². The van der Waals surface area contributed by atoms with E-state index in [1.54, 1.807) is 38.2 Å². The minimum absolute atomic E-state index is 0.0364. The molecular formula is C16H24N2O3. The third-order valence-electron chi connectivity index (χ3n) is 3.49. The molecule has 1 atom stereocenters. The van der Waals surface area contributed by atoms with Gasteiger partial charge >= 0.3 is 0 Å². The topological polar surface area (TPSA) is 69.6 Å². The summed E-state index contributed by atoms with van der Waals surface area (Å²) in [6.07, 6.45) is 1.65. The number of aliphatic hydroxyl groups is 1. The van der Waals surface area contributed by atoms with Gasteiger partial charge in [0.2, 0.25) is 5.91 Å². The number of aliphatic hydroxyl groups excluding tert-OH is 1. The lowest BCUT2D eigenvalue weighted by Crippen LogP contribution is -2.36. The molecule has 0 fully saturated rings. The normalized spacial score (nSPS) is 11.8. The maximum Gasteiger partial charge on any atom is 0.253 e. The number of hydrogen-bond acceptors (Lipinski definition) is 3. The molecule has 0 heterocycles. The van der Waals surface area contributed by atoms with Crippen molar-refractivity contribution in [2.75, 3.05) is 18.6 Å². The van der Waals surface area contributed by atoms with Gasteiger partial charge in [-0.15, -0.1) is 0 Å². The number of rotatable bonds is 7. The Balaban J connectivity index is 2.97. The van der Waals surface area contributed by atoms with Gasteiger partial charge in [-0.2, -0.15) is 0 Å². The van der Waals surface area contributed by atoms with Crippen molar-refractivity contribution in [3.8, 4) is 0 Å². The maximum absolute atomic E-state index is 12.4. The van der Waals surface area contributed by atoms with Crippen LogP contribution in [0.5, 0.6) is 0 Å². The summed E-state index contributed by atoms with van der Waals surface area (Å²) in [4.78, 5) is 25.7. The third kappa shape index (κ3) is 4.56. The summed E-state index contributed by atoms with van der Waals surface area (Å²) in [5, 5.41) is 11.9. The first kappa shape index (κ1) is 17.2. The van der Waals surface area contributed by atoms with Crippen LogP contribution >= 0.6 is 0 Å². The smallest absolute Gasteiger partial charge is 0.253 e. The molecule has 5 nitrogen and oxygen atoms in total. The Morgan fingerprint density at radius 2 is 1.95 bits per heavy atom. The quantitative estimate of drug-likeness (QED) is 0.807. The van der Waals surface area contributed by atoms with Crippen molar-refractivity contribution >= 4 is 17.5 Å². The Hall–Kier alpha value is -1.88. The van der Waals surface area contributed by atoms with Crippen molar-refractivity contribution in [2.24, 2.45) is 0 Å². The van der Waals surface area contributed by atoms with Crippen molar-refractivity contribution in [1.29, 1.82) is 0 Å². The van der Waals surface area contributed by atoms with Crippen LogP contribution in [0.2, 0.25) is 0 Å². The monoisotopic (exact) mass is 292 g/mol. The third-order valence-corrected chi connectivity index (χ3v) is 3.49. The Kier molecular flexibility index (Phi) is 6.88. The molecule has 1 aromatic carbocycles. The number of amides is 2. The van der Waals surface area contributed by atoms with Gasteiger partial charge in [0, 0.05) is 26.1 Å². The first-order chi connectivity index (χ1) is 10.0. The van der Waals surface area contributed by atoms with Crippen LogP contribution < -0.4 is 10.2 Å². The molecule has 0 saturated heterocycles. The van der Waals surface area contributed by atoms with Crippen LogP contribution in [0.4, 0.5) is 5.69 Å². The molecule has 0 radical (unpaired) electrons. The number of hydrogen-bond donors (Lipinski definition) is 2. The summed E-state index contributed by atoms with van der Waals surface area (Å²) in [6, 6.07) is 6.97. The number of benzene rings is 1. The second-order valence-corrected chi connectivity index (χ2v) is 4.91. The fourth-order valence-corrected chi connectivity index (χ4v) is 2.13. The molecule has 116 valence electrons. The molecular weight excluding hydrogens is 268 g/mol. The second kappa shape index (κ2) is 8.42. The first-order valence-electron chi connectivity index (χ1n) is 7.32. The van der Waals surface area contributed by atoms with Crippen LogP contribution in [0.25, 0.3) is 0 Å². The van der Waals surface area contributed by atoms with Gasteiger partial charge in [-0.3, -0.25) is 9.59 Å². The molecule has 2 amide bonds. The Morgan fingerprint density at radius 3 is 2.52 bits per heavy atom. The fourth-order valence-electron chi connectivity index (χ4n) is 2.13. The van der Waals surface area contributed by atoms with Gasteiger partial charge in [0.05, 0.1) is 11.3 Å². The van der Waals surface area contributed by atoms with E-state index in [2.05, 4.69) is 5.32 Å². The molecule has 5 heteroatoms. The van der Waals surface area contributed by atoms with E-state index in [-0.39, 0.29) is 24.5 Å². The van der Waals surface area contributed by atoms with E-state index in [0.29, 0.717) is 24.1 Å². The molecule has 1 aromatic rings. The minimum atomic E-state index is -0.221. The largest absolute Gasteiger partial charge is 0.396 e. The van der Waals surface area contributed by atoms with E-state index >= 15 is 0 Å². The average molecular weight is 292 g/mol. The van der Waals surface area contributed by atoms with Gasteiger partial charge in [0.25, 0.3) is 5.91 Å². The van der Waals surface area contributed by atoms with Crippen LogP contribution in [0.1, 0.15) is 43.5 Å². The summed E-state index contributed by atoms with van der Waals surface area (Å²) in [7, 11) is 1.67. The van der Waals surface area contributed by atoms with Gasteiger partial charge in [0.15, 0.2) is 0 Å². The molecule has 2 N–H and O–H groups in total. The number of nitrogens with zero attached hydrogens (tertiary/aromatic N) is 1. The summed E-state index contributed by atoms with van der Waals surface area (Å²) >= 11 is 0. The van der Waals surface area contributed by atoms with Gasteiger partial charge in [-0.05, 0) is 25.0 Å². The van der Waals surface area contributed by atoms with E-state index in [1.807, 2.05) is 6.92 Å². The van der Waals surface area contributed by atoms with E-state index in [0.717, 1.165) is 6.42 Å². The van der Waals surface area contributed by atoms with Crippen LogP contribution in [0, 0.1) is 0 Å². The summed E-state index contributed by atoms with van der Waals surface area (Å²) in [5.74, 6) is -0.265. The number of anilines is 1. The van der Waals surface area contributed by atoms with Gasteiger partial charge in [-0.25, -0.2) is 0 Å². The van der Waals surface area contributed by atoms with Crippen LogP contribution in [0.3, 0.4) is 0 Å². The van der Waals surface area contributed by atoms with Crippen molar-refractivity contribution in [3.63, 3.8) is 0 Å². The van der Waals surface area contributed by atoms with Gasteiger partial charge in [-0.1, -0.05) is 26.0 Å². The van der Waals surface area contributed by atoms with Crippen LogP contribution in [-0.2, 0) is 4.79 Å². The highest BCUT2D eigenvalue weighted by molar-refractivity contribution is 6.04. The predicted octanol–water partition coefficient (Wildman–Crippen LogP) is 1.95. The Morgan fingerprint density at radius 1 is 1.29 bits per heavy atom. The minimum Gasteiger partial charge on any atom is -0.396 e. The molecule has 0 aliphatic carbocycles. The highest BCUT2D eigenvalue weighted by Crippen LogP contribution is 2.20. The van der Waals surface area contributed by atoms with Crippen molar-refractivity contribution in [2.45, 2.75) is 39.2 Å². The highest BCUT2D eigenvalue weighted by Gasteiger charge is 2.19. The zero-order chi connectivity index (χ0) is 15.8. The molecule has 0 saturated carbocycles. The summed E-state index contributed by atoms with van der Waals surface area (Å²) in [5.41, 5.74) is 1.07. The van der Waals surface area contributed by atoms with E-state index in [9.17, 15) is 9.59 Å². The lowest BCUT2D eigenvalue weighted by atomic mass is 10.1. The number of carbonyl (C=O) groups excluding carboxylic acids is 2. The Bertz CT molecular complexity index is 488. The number of carbonyl (C=O) groups is 2. The SMILES string of the molecule is CCC(=O)N(C)c1ccccc1C(=O)NC(CC)CCO. The van der Waals surface area contributed by atoms with E-state index in [4.69, 9.17) is 5.11 Å². The Labute approximate surface area is 126 Å². The molecule has 0 spiro atoms. The van der Waals surface area contributed by atoms with E-state index < -0.39 is 0 Å². The molecule has 0 aliphatic rings. The van der Waals surface area contributed by atoms with Crippen molar-refractivity contribution in [1.82, 2.24) is 5.32 Å². The zero-order valence-electron chi connectivity index (χ0n) is 12.9.